The maximum absolute atomic E-state index is 13.3. The van der Waals surface area contributed by atoms with Crippen LogP contribution >= 0.6 is 0 Å². The van der Waals surface area contributed by atoms with Crippen molar-refractivity contribution >= 4 is 12.1 Å². The summed E-state index contributed by atoms with van der Waals surface area (Å²) in [5, 5.41) is 0. The van der Waals surface area contributed by atoms with Gasteiger partial charge in [-0.2, -0.15) is 0 Å². The van der Waals surface area contributed by atoms with Gasteiger partial charge < -0.3 is 4.90 Å². The lowest BCUT2D eigenvalue weighted by Crippen LogP contribution is -2.26. The van der Waals surface area contributed by atoms with Gasteiger partial charge in [0.2, 0.25) is 12.2 Å². The summed E-state index contributed by atoms with van der Waals surface area (Å²) in [6, 6.07) is 0. The van der Waals surface area contributed by atoms with Crippen LogP contribution in [-0.2, 0) is 4.79 Å². The minimum atomic E-state index is -2.24. The van der Waals surface area contributed by atoms with E-state index in [0.29, 0.717) is 17.7 Å². The second kappa shape index (κ2) is 5.79. The summed E-state index contributed by atoms with van der Waals surface area (Å²) in [5.41, 5.74) is -1.21. The molecular weight excluding hydrogens is 257 g/mol. The highest BCUT2D eigenvalue weighted by Crippen LogP contribution is 2.29. The molecule has 1 amide bonds. The number of rotatable bonds is 5. The van der Waals surface area contributed by atoms with Gasteiger partial charge in [0.1, 0.15) is 5.69 Å². The number of carbonyl (C=O) groups excluding carboxylic acids is 1. The SMILES string of the molecule is CCCCN(C=O)c1c(F)c(F)c(F)c(F)c1F. The first-order valence-corrected chi connectivity index (χ1v) is 5.19. The van der Waals surface area contributed by atoms with Crippen molar-refractivity contribution < 1.29 is 26.7 Å². The predicted octanol–water partition coefficient (Wildman–Crippen LogP) is 3.15. The summed E-state index contributed by atoms with van der Waals surface area (Å²) in [6.45, 7) is 1.62. The van der Waals surface area contributed by atoms with Crippen LogP contribution in [0.25, 0.3) is 0 Å². The molecule has 100 valence electrons. The minimum absolute atomic E-state index is 0.0357. The van der Waals surface area contributed by atoms with Gasteiger partial charge in [-0.05, 0) is 6.42 Å². The van der Waals surface area contributed by atoms with Crippen LogP contribution < -0.4 is 4.90 Å². The summed E-state index contributed by atoms with van der Waals surface area (Å²) in [7, 11) is 0. The Morgan fingerprint density at radius 2 is 1.39 bits per heavy atom. The monoisotopic (exact) mass is 267 g/mol. The molecule has 0 atom stereocenters. The van der Waals surface area contributed by atoms with Crippen LogP contribution in [0.2, 0.25) is 0 Å². The van der Waals surface area contributed by atoms with Crippen molar-refractivity contribution in [3.8, 4) is 0 Å². The van der Waals surface area contributed by atoms with Crippen LogP contribution in [0.1, 0.15) is 19.8 Å². The van der Waals surface area contributed by atoms with Gasteiger partial charge in [-0.3, -0.25) is 4.79 Å². The first kappa shape index (κ1) is 14.4. The molecular formula is C11H10F5NO. The number of hydrogen-bond acceptors (Lipinski definition) is 1. The lowest BCUT2D eigenvalue weighted by molar-refractivity contribution is -0.107. The number of nitrogens with zero attached hydrogens (tertiary/aromatic N) is 1. The number of anilines is 1. The lowest BCUT2D eigenvalue weighted by Gasteiger charge is -2.19. The van der Waals surface area contributed by atoms with Crippen molar-refractivity contribution in [1.29, 1.82) is 0 Å². The topological polar surface area (TPSA) is 20.3 Å². The normalized spacial score (nSPS) is 10.6. The van der Waals surface area contributed by atoms with E-state index in [4.69, 9.17) is 0 Å². The molecule has 0 unspecified atom stereocenters. The third kappa shape index (κ3) is 2.44. The highest BCUT2D eigenvalue weighted by molar-refractivity contribution is 5.75. The number of carbonyl (C=O) groups is 1. The van der Waals surface area contributed by atoms with E-state index in [1.54, 1.807) is 6.92 Å². The smallest absolute Gasteiger partial charge is 0.214 e. The summed E-state index contributed by atoms with van der Waals surface area (Å²) in [5.74, 6) is -10.4. The highest BCUT2D eigenvalue weighted by Gasteiger charge is 2.28. The van der Waals surface area contributed by atoms with E-state index in [1.807, 2.05) is 0 Å². The summed E-state index contributed by atoms with van der Waals surface area (Å²) in [6.07, 6.45) is 1.01. The molecule has 0 aliphatic heterocycles. The molecule has 0 aliphatic carbocycles. The largest absolute Gasteiger partial charge is 0.310 e. The molecule has 0 heterocycles. The zero-order valence-corrected chi connectivity index (χ0v) is 9.44. The maximum atomic E-state index is 13.3. The molecule has 1 aromatic carbocycles. The van der Waals surface area contributed by atoms with E-state index < -0.39 is 34.8 Å². The number of hydrogen-bond donors (Lipinski definition) is 0. The molecule has 0 fully saturated rings. The van der Waals surface area contributed by atoms with Crippen LogP contribution in [0.15, 0.2) is 0 Å². The third-order valence-corrected chi connectivity index (χ3v) is 2.35. The van der Waals surface area contributed by atoms with Gasteiger partial charge in [0.25, 0.3) is 0 Å². The number of benzene rings is 1. The Morgan fingerprint density at radius 3 is 1.78 bits per heavy atom. The standard InChI is InChI=1S/C11H10F5NO/c1-2-3-4-17(5-18)11-9(15)7(13)6(12)8(14)10(11)16/h5H,2-4H2,1H3. The van der Waals surface area contributed by atoms with Crippen LogP contribution in [0.4, 0.5) is 27.6 Å². The highest BCUT2D eigenvalue weighted by atomic mass is 19.2. The van der Waals surface area contributed by atoms with Crippen LogP contribution in [-0.4, -0.2) is 13.0 Å². The quantitative estimate of drug-likeness (QED) is 0.347. The van der Waals surface area contributed by atoms with Crippen LogP contribution in [0, 0.1) is 29.1 Å². The molecule has 1 aromatic rings. The Hall–Kier alpha value is -1.66. The van der Waals surface area contributed by atoms with Crippen molar-refractivity contribution in [2.24, 2.45) is 0 Å². The number of halogens is 5. The Kier molecular flexibility index (Phi) is 4.63. The summed E-state index contributed by atoms with van der Waals surface area (Å²) >= 11 is 0. The molecule has 0 N–H and O–H groups in total. The van der Waals surface area contributed by atoms with E-state index >= 15 is 0 Å². The van der Waals surface area contributed by atoms with Gasteiger partial charge >= 0.3 is 0 Å². The van der Waals surface area contributed by atoms with E-state index in [1.165, 1.54) is 0 Å². The fourth-order valence-corrected chi connectivity index (χ4v) is 1.39. The average Bonchev–Trinajstić information content (AvgIpc) is 2.38. The molecule has 0 radical (unpaired) electrons. The molecule has 0 saturated heterocycles. The summed E-state index contributed by atoms with van der Waals surface area (Å²) in [4.78, 5) is 11.1. The van der Waals surface area contributed by atoms with Crippen molar-refractivity contribution in [2.45, 2.75) is 19.8 Å². The Bertz CT molecular complexity index is 434. The number of unbranched alkanes of at least 4 members (excludes halogenated alkanes) is 1. The third-order valence-electron chi connectivity index (χ3n) is 2.35. The first-order valence-electron chi connectivity index (χ1n) is 5.19. The molecule has 0 aromatic heterocycles. The second-order valence-electron chi connectivity index (χ2n) is 3.57. The van der Waals surface area contributed by atoms with Gasteiger partial charge in [0, 0.05) is 6.54 Å². The van der Waals surface area contributed by atoms with E-state index in [0.717, 1.165) is 0 Å². The zero-order chi connectivity index (χ0) is 13.9. The molecule has 2 nitrogen and oxygen atoms in total. The van der Waals surface area contributed by atoms with Crippen molar-refractivity contribution in [3.63, 3.8) is 0 Å². The van der Waals surface area contributed by atoms with Crippen molar-refractivity contribution in [1.82, 2.24) is 0 Å². The van der Waals surface area contributed by atoms with Gasteiger partial charge in [-0.1, -0.05) is 13.3 Å². The molecule has 1 rings (SSSR count). The fraction of sp³-hybridized carbons (Fsp3) is 0.364. The van der Waals surface area contributed by atoms with Crippen LogP contribution in [0.3, 0.4) is 0 Å². The van der Waals surface area contributed by atoms with Crippen LogP contribution in [0.5, 0.6) is 0 Å². The molecule has 0 spiro atoms. The van der Waals surface area contributed by atoms with Crippen molar-refractivity contribution in [3.05, 3.63) is 29.1 Å². The summed E-state index contributed by atoms with van der Waals surface area (Å²) < 4.78 is 65.3. The molecule has 7 heteroatoms. The lowest BCUT2D eigenvalue weighted by atomic mass is 10.2. The molecule has 0 bridgehead atoms. The average molecular weight is 267 g/mol. The zero-order valence-electron chi connectivity index (χ0n) is 9.44. The predicted molar refractivity (Wildman–Crippen MR) is 54.6 cm³/mol. The minimum Gasteiger partial charge on any atom is -0.310 e. The fourth-order valence-electron chi connectivity index (χ4n) is 1.39. The van der Waals surface area contributed by atoms with Gasteiger partial charge in [-0.25, -0.2) is 22.0 Å². The van der Waals surface area contributed by atoms with Gasteiger partial charge in [0.05, 0.1) is 0 Å². The Balaban J connectivity index is 3.34. The Morgan fingerprint density at radius 1 is 0.944 bits per heavy atom. The van der Waals surface area contributed by atoms with Crippen molar-refractivity contribution in [2.75, 3.05) is 11.4 Å². The van der Waals surface area contributed by atoms with E-state index in [-0.39, 0.29) is 13.0 Å². The van der Waals surface area contributed by atoms with Gasteiger partial charge in [-0.15, -0.1) is 0 Å². The van der Waals surface area contributed by atoms with E-state index in [2.05, 4.69) is 0 Å². The second-order valence-corrected chi connectivity index (χ2v) is 3.57. The number of amides is 1. The first-order chi connectivity index (χ1) is 8.45. The molecule has 0 aliphatic rings. The molecule has 18 heavy (non-hydrogen) atoms. The van der Waals surface area contributed by atoms with Gasteiger partial charge in [0.15, 0.2) is 23.3 Å². The maximum Gasteiger partial charge on any atom is 0.214 e. The molecule has 0 saturated carbocycles. The van der Waals surface area contributed by atoms with E-state index in [9.17, 15) is 26.7 Å². The Labute approximate surface area is 100 Å².